The summed E-state index contributed by atoms with van der Waals surface area (Å²) in [5.41, 5.74) is 3.47. The van der Waals surface area contributed by atoms with Crippen LogP contribution in [0.25, 0.3) is 0 Å². The van der Waals surface area contributed by atoms with Gasteiger partial charge in [0, 0.05) is 25.2 Å². The number of piperidine rings is 2. The van der Waals surface area contributed by atoms with Crippen LogP contribution in [0, 0.1) is 0 Å². The van der Waals surface area contributed by atoms with Gasteiger partial charge in [0.25, 0.3) is 0 Å². The fourth-order valence-corrected chi connectivity index (χ4v) is 3.62. The highest BCUT2D eigenvalue weighted by atomic mass is 15.1. The fraction of sp³-hybridized carbons (Fsp3) is 0.632. The molecular weight excluding hydrogens is 284 g/mol. The quantitative estimate of drug-likeness (QED) is 0.414. The molecule has 0 spiro atoms. The van der Waals surface area contributed by atoms with Gasteiger partial charge in [0.15, 0.2) is 0 Å². The Labute approximate surface area is 141 Å². The SMILES string of the molecule is C=C/C=C(/NC1CC2CCC[C@H](C1)N2)C(NC(C)=NC)=C(C)C. The van der Waals surface area contributed by atoms with Gasteiger partial charge in [0.2, 0.25) is 0 Å². The molecule has 2 heterocycles. The van der Waals surface area contributed by atoms with Gasteiger partial charge in [-0.2, -0.15) is 0 Å². The third kappa shape index (κ3) is 4.96. The first kappa shape index (κ1) is 17.8. The molecular formula is C19H32N4. The van der Waals surface area contributed by atoms with Crippen molar-refractivity contribution in [2.75, 3.05) is 7.05 Å². The molecule has 3 N–H and O–H groups in total. The van der Waals surface area contributed by atoms with Crippen molar-refractivity contribution in [3.8, 4) is 0 Å². The molecule has 0 aromatic carbocycles. The molecule has 0 radical (unpaired) electrons. The largest absolute Gasteiger partial charge is 0.381 e. The summed E-state index contributed by atoms with van der Waals surface area (Å²) in [4.78, 5) is 4.23. The summed E-state index contributed by atoms with van der Waals surface area (Å²) < 4.78 is 0. The van der Waals surface area contributed by atoms with E-state index in [1.807, 2.05) is 20.0 Å². The summed E-state index contributed by atoms with van der Waals surface area (Å²) in [7, 11) is 1.81. The standard InChI is InChI=1S/C19H32N4/c1-6-8-18(19(13(2)3)21-14(4)20-5)23-17-11-15-9-7-10-16(12-17)22-15/h6,8,15-17,22-23H,1,7,9-12H2,2-5H3,(H,20,21)/b18-8+/t15-,16?,17?/m1/s1. The predicted molar refractivity (Wildman–Crippen MR) is 99.5 cm³/mol. The Balaban J connectivity index is 2.13. The highest BCUT2D eigenvalue weighted by Gasteiger charge is 2.31. The summed E-state index contributed by atoms with van der Waals surface area (Å²) in [6.45, 7) is 10.1. The number of hydrogen-bond donors (Lipinski definition) is 3. The highest BCUT2D eigenvalue weighted by Crippen LogP contribution is 2.27. The molecule has 4 heteroatoms. The third-order valence-electron chi connectivity index (χ3n) is 4.77. The van der Waals surface area contributed by atoms with Gasteiger partial charge in [0.1, 0.15) is 0 Å². The number of allylic oxidation sites excluding steroid dienone is 3. The van der Waals surface area contributed by atoms with E-state index in [2.05, 4.69) is 47.4 Å². The molecule has 2 aliphatic rings. The Hall–Kier alpha value is -1.55. The Morgan fingerprint density at radius 3 is 2.35 bits per heavy atom. The number of nitrogens with one attached hydrogen (secondary N) is 3. The summed E-state index contributed by atoms with van der Waals surface area (Å²) >= 11 is 0. The first-order chi connectivity index (χ1) is 11.0. The van der Waals surface area contributed by atoms with E-state index < -0.39 is 0 Å². The third-order valence-corrected chi connectivity index (χ3v) is 4.77. The highest BCUT2D eigenvalue weighted by molar-refractivity contribution is 5.82. The number of rotatable bonds is 5. The van der Waals surface area contributed by atoms with Crippen LogP contribution in [0.5, 0.6) is 0 Å². The second-order valence-electron chi connectivity index (χ2n) is 6.93. The maximum absolute atomic E-state index is 4.23. The van der Waals surface area contributed by atoms with Crippen LogP contribution in [0.3, 0.4) is 0 Å². The van der Waals surface area contributed by atoms with Gasteiger partial charge >= 0.3 is 0 Å². The van der Waals surface area contributed by atoms with E-state index in [4.69, 9.17) is 0 Å². The van der Waals surface area contributed by atoms with Gasteiger partial charge in [0.05, 0.1) is 17.2 Å². The van der Waals surface area contributed by atoms with Gasteiger partial charge in [-0.3, -0.25) is 4.99 Å². The van der Waals surface area contributed by atoms with E-state index in [0.29, 0.717) is 18.1 Å². The van der Waals surface area contributed by atoms with Crippen LogP contribution in [0.2, 0.25) is 0 Å². The average molecular weight is 316 g/mol. The lowest BCUT2D eigenvalue weighted by molar-refractivity contribution is 0.209. The summed E-state index contributed by atoms with van der Waals surface area (Å²) in [5.74, 6) is 0.917. The molecule has 2 bridgehead atoms. The van der Waals surface area contributed by atoms with Gasteiger partial charge in [-0.1, -0.05) is 24.6 Å². The molecule has 2 aliphatic heterocycles. The van der Waals surface area contributed by atoms with Crippen LogP contribution in [-0.2, 0) is 0 Å². The minimum absolute atomic E-state index is 0.521. The fourth-order valence-electron chi connectivity index (χ4n) is 3.62. The first-order valence-corrected chi connectivity index (χ1v) is 8.77. The maximum atomic E-state index is 4.23. The van der Waals surface area contributed by atoms with Crippen molar-refractivity contribution in [1.29, 1.82) is 0 Å². The Kier molecular flexibility index (Phi) is 6.46. The molecule has 128 valence electrons. The molecule has 0 saturated carbocycles. The zero-order valence-corrected chi connectivity index (χ0v) is 15.1. The van der Waals surface area contributed by atoms with E-state index in [1.165, 1.54) is 37.7 Å². The van der Waals surface area contributed by atoms with Crippen molar-refractivity contribution in [3.05, 3.63) is 35.7 Å². The van der Waals surface area contributed by atoms with Crippen molar-refractivity contribution < 1.29 is 0 Å². The second-order valence-corrected chi connectivity index (χ2v) is 6.93. The lowest BCUT2D eigenvalue weighted by atomic mass is 9.84. The molecule has 2 fully saturated rings. The monoisotopic (exact) mass is 316 g/mol. The van der Waals surface area contributed by atoms with Crippen molar-refractivity contribution in [1.82, 2.24) is 16.0 Å². The molecule has 3 atom stereocenters. The minimum atomic E-state index is 0.521. The second kappa shape index (κ2) is 8.34. The smallest absolute Gasteiger partial charge is 0.0972 e. The van der Waals surface area contributed by atoms with E-state index in [-0.39, 0.29) is 0 Å². The number of fused-ring (bicyclic) bond motifs is 2. The van der Waals surface area contributed by atoms with E-state index in [1.54, 1.807) is 0 Å². The lowest BCUT2D eigenvalue weighted by Crippen LogP contribution is -2.53. The molecule has 23 heavy (non-hydrogen) atoms. The van der Waals surface area contributed by atoms with Gasteiger partial charge < -0.3 is 16.0 Å². The molecule has 4 nitrogen and oxygen atoms in total. The van der Waals surface area contributed by atoms with Gasteiger partial charge in [-0.05, 0) is 52.5 Å². The molecule has 2 unspecified atom stereocenters. The molecule has 0 aliphatic carbocycles. The van der Waals surface area contributed by atoms with E-state index >= 15 is 0 Å². The van der Waals surface area contributed by atoms with Crippen LogP contribution in [0.4, 0.5) is 0 Å². The Morgan fingerprint density at radius 1 is 1.17 bits per heavy atom. The zero-order valence-electron chi connectivity index (χ0n) is 15.1. The zero-order chi connectivity index (χ0) is 16.8. The average Bonchev–Trinajstić information content (AvgIpc) is 2.51. The van der Waals surface area contributed by atoms with Gasteiger partial charge in [-0.15, -0.1) is 0 Å². The molecule has 0 aromatic rings. The van der Waals surface area contributed by atoms with Crippen molar-refractivity contribution in [2.45, 2.75) is 71.0 Å². The Bertz CT molecular complexity index is 499. The van der Waals surface area contributed by atoms with Crippen LogP contribution in [-0.4, -0.2) is 31.0 Å². The number of hydrogen-bond acceptors (Lipinski definition) is 3. The summed E-state index contributed by atoms with van der Waals surface area (Å²) in [6, 6.07) is 1.87. The maximum Gasteiger partial charge on any atom is 0.0972 e. The van der Waals surface area contributed by atoms with Crippen molar-refractivity contribution >= 4 is 5.84 Å². The van der Waals surface area contributed by atoms with Crippen LogP contribution >= 0.6 is 0 Å². The van der Waals surface area contributed by atoms with E-state index in [0.717, 1.165) is 17.2 Å². The number of aliphatic imine (C=N–C) groups is 1. The Morgan fingerprint density at radius 2 is 1.83 bits per heavy atom. The van der Waals surface area contributed by atoms with E-state index in [9.17, 15) is 0 Å². The normalized spacial score (nSPS) is 28.1. The summed E-state index contributed by atoms with van der Waals surface area (Å²) in [5, 5.41) is 11.0. The van der Waals surface area contributed by atoms with Crippen LogP contribution in [0.1, 0.15) is 52.9 Å². The topological polar surface area (TPSA) is 48.4 Å². The first-order valence-electron chi connectivity index (χ1n) is 8.77. The van der Waals surface area contributed by atoms with Crippen LogP contribution < -0.4 is 16.0 Å². The predicted octanol–water partition coefficient (Wildman–Crippen LogP) is 3.25. The molecule has 2 rings (SSSR count). The van der Waals surface area contributed by atoms with Gasteiger partial charge in [-0.25, -0.2) is 0 Å². The number of amidine groups is 1. The van der Waals surface area contributed by atoms with Crippen molar-refractivity contribution in [2.24, 2.45) is 4.99 Å². The number of nitrogens with zero attached hydrogens (tertiary/aromatic N) is 1. The molecule has 0 amide bonds. The minimum Gasteiger partial charge on any atom is -0.381 e. The summed E-state index contributed by atoms with van der Waals surface area (Å²) in [6.07, 6.45) is 10.3. The van der Waals surface area contributed by atoms with Crippen LogP contribution in [0.15, 0.2) is 40.7 Å². The molecule has 2 saturated heterocycles. The molecule has 0 aromatic heterocycles. The lowest BCUT2D eigenvalue weighted by Gasteiger charge is -2.41. The van der Waals surface area contributed by atoms with Crippen molar-refractivity contribution in [3.63, 3.8) is 0 Å².